The fraction of sp³-hybridized carbons (Fsp3) is 0.419. The molecule has 4 rings (SSSR count). The summed E-state index contributed by atoms with van der Waals surface area (Å²) in [6, 6.07) is 10.1. The lowest BCUT2D eigenvalue weighted by atomic mass is 9.71. The molecule has 0 amide bonds. The van der Waals surface area contributed by atoms with Crippen LogP contribution >= 0.6 is 0 Å². The molecule has 1 heterocycles. The normalized spacial score (nSPS) is 19.2. The van der Waals surface area contributed by atoms with Crippen molar-refractivity contribution in [1.29, 1.82) is 0 Å². The predicted molar refractivity (Wildman–Crippen MR) is 146 cm³/mol. The van der Waals surface area contributed by atoms with Crippen molar-refractivity contribution in [3.8, 4) is 11.5 Å². The summed E-state index contributed by atoms with van der Waals surface area (Å²) < 4.78 is 61.6. The zero-order valence-corrected chi connectivity index (χ0v) is 23.7. The van der Waals surface area contributed by atoms with Crippen LogP contribution in [0.15, 0.2) is 65.0 Å². The Bertz CT molecular complexity index is 1360. The fourth-order valence-corrected chi connectivity index (χ4v) is 5.35. The van der Waals surface area contributed by atoms with E-state index in [1.54, 1.807) is 20.1 Å². The lowest BCUT2D eigenvalue weighted by Crippen LogP contribution is -2.36. The molecule has 7 nitrogen and oxygen atoms in total. The molecule has 220 valence electrons. The number of hydrogen-bond acceptors (Lipinski definition) is 7. The lowest BCUT2D eigenvalue weighted by Gasteiger charge is -2.37. The van der Waals surface area contributed by atoms with Crippen molar-refractivity contribution in [3.63, 3.8) is 0 Å². The molecule has 0 unspecified atom stereocenters. The number of carbonyl (C=O) groups excluding carboxylic acids is 2. The minimum atomic E-state index is -4.52. The summed E-state index contributed by atoms with van der Waals surface area (Å²) in [6.07, 6.45) is -3.96. The molecule has 2 aromatic carbocycles. The van der Waals surface area contributed by atoms with E-state index >= 15 is 0 Å². The summed E-state index contributed by atoms with van der Waals surface area (Å²) in [5.74, 6) is -0.823. The highest BCUT2D eigenvalue weighted by Gasteiger charge is 2.42. The first-order valence-corrected chi connectivity index (χ1v) is 13.4. The van der Waals surface area contributed by atoms with Gasteiger partial charge in [0.1, 0.15) is 6.61 Å². The summed E-state index contributed by atoms with van der Waals surface area (Å²) in [5.41, 5.74) is 2.11. The van der Waals surface area contributed by atoms with Gasteiger partial charge in [-0.25, -0.2) is 4.79 Å². The van der Waals surface area contributed by atoms with Gasteiger partial charge in [0.2, 0.25) is 0 Å². The van der Waals surface area contributed by atoms with Crippen molar-refractivity contribution in [2.45, 2.75) is 57.7 Å². The zero-order valence-electron chi connectivity index (χ0n) is 23.7. The van der Waals surface area contributed by atoms with Crippen LogP contribution < -0.4 is 14.8 Å². The minimum absolute atomic E-state index is 0.00521. The van der Waals surface area contributed by atoms with E-state index in [0.717, 1.165) is 17.7 Å². The van der Waals surface area contributed by atoms with Crippen LogP contribution in [0.1, 0.15) is 62.1 Å². The number of ketones is 1. The molecule has 1 aliphatic carbocycles. The molecule has 1 N–H and O–H groups in total. The maximum atomic E-state index is 13.8. The Kier molecular flexibility index (Phi) is 9.11. The van der Waals surface area contributed by atoms with Crippen molar-refractivity contribution < 1.29 is 41.7 Å². The SMILES string of the molecule is COc1ccc([C@H]2CC(=O)C3=C(C2)NC(C)=C(C(=O)OCCOC(C)C)[C@@H]3c2ccc(C(F)(F)F)cc2)cc1OC. The number of nitrogens with one attached hydrogen (secondary N) is 1. The molecule has 2 aromatic rings. The molecule has 0 radical (unpaired) electrons. The van der Waals surface area contributed by atoms with Crippen LogP contribution in [0.3, 0.4) is 0 Å². The maximum absolute atomic E-state index is 13.8. The van der Waals surface area contributed by atoms with Gasteiger partial charge in [0.05, 0.1) is 38.1 Å². The molecule has 41 heavy (non-hydrogen) atoms. The second-order valence-corrected chi connectivity index (χ2v) is 10.3. The molecule has 0 fully saturated rings. The fourth-order valence-electron chi connectivity index (χ4n) is 5.35. The highest BCUT2D eigenvalue weighted by molar-refractivity contribution is 6.04. The third-order valence-corrected chi connectivity index (χ3v) is 7.27. The van der Waals surface area contributed by atoms with Crippen molar-refractivity contribution in [2.75, 3.05) is 27.4 Å². The van der Waals surface area contributed by atoms with Crippen molar-refractivity contribution in [3.05, 3.63) is 81.7 Å². The Morgan fingerprint density at radius 3 is 2.24 bits per heavy atom. The van der Waals surface area contributed by atoms with Gasteiger partial charge in [-0.05, 0) is 68.5 Å². The third-order valence-electron chi connectivity index (χ3n) is 7.27. The molecule has 1 aliphatic heterocycles. The number of allylic oxidation sites excluding steroid dienone is 3. The number of hydrogen-bond donors (Lipinski definition) is 1. The summed E-state index contributed by atoms with van der Waals surface area (Å²) in [6.45, 7) is 5.60. The van der Waals surface area contributed by atoms with Crippen molar-refractivity contribution >= 4 is 11.8 Å². The first-order chi connectivity index (χ1) is 19.4. The highest BCUT2D eigenvalue weighted by atomic mass is 19.4. The molecule has 2 atom stereocenters. The quantitative estimate of drug-likeness (QED) is 0.289. The summed E-state index contributed by atoms with van der Waals surface area (Å²) in [4.78, 5) is 27.1. The number of dihydropyridines is 1. The number of ether oxygens (including phenoxy) is 4. The Morgan fingerprint density at radius 1 is 0.976 bits per heavy atom. The van der Waals surface area contributed by atoms with Crippen LogP contribution in [0, 0.1) is 0 Å². The van der Waals surface area contributed by atoms with Crippen LogP contribution in [0.5, 0.6) is 11.5 Å². The maximum Gasteiger partial charge on any atom is 0.416 e. The van der Waals surface area contributed by atoms with Gasteiger partial charge in [-0.3, -0.25) is 4.79 Å². The van der Waals surface area contributed by atoms with Crippen LogP contribution in [-0.4, -0.2) is 45.3 Å². The molecule has 0 bridgehead atoms. The molecule has 0 saturated carbocycles. The Labute approximate surface area is 237 Å². The number of rotatable bonds is 9. The smallest absolute Gasteiger partial charge is 0.416 e. The molecular formula is C31H34F3NO6. The average molecular weight is 574 g/mol. The Hall–Kier alpha value is -3.79. The van der Waals surface area contributed by atoms with E-state index in [0.29, 0.717) is 40.5 Å². The predicted octanol–water partition coefficient (Wildman–Crippen LogP) is 6.05. The van der Waals surface area contributed by atoms with E-state index in [9.17, 15) is 22.8 Å². The van der Waals surface area contributed by atoms with E-state index in [1.165, 1.54) is 19.2 Å². The molecule has 0 spiro atoms. The van der Waals surface area contributed by atoms with Gasteiger partial charge in [-0.15, -0.1) is 0 Å². The summed E-state index contributed by atoms with van der Waals surface area (Å²) in [7, 11) is 3.08. The van der Waals surface area contributed by atoms with Gasteiger partial charge in [0.15, 0.2) is 17.3 Å². The molecular weight excluding hydrogens is 539 g/mol. The number of alkyl halides is 3. The first-order valence-electron chi connectivity index (χ1n) is 13.4. The second kappa shape index (κ2) is 12.4. The van der Waals surface area contributed by atoms with Gasteiger partial charge in [0.25, 0.3) is 0 Å². The van der Waals surface area contributed by atoms with Gasteiger partial charge >= 0.3 is 12.1 Å². The van der Waals surface area contributed by atoms with Crippen molar-refractivity contribution in [1.82, 2.24) is 5.32 Å². The zero-order chi connectivity index (χ0) is 29.9. The number of Topliss-reactive ketones (excluding diaryl/α,β-unsaturated/α-hetero) is 1. The van der Waals surface area contributed by atoms with E-state index in [4.69, 9.17) is 18.9 Å². The van der Waals surface area contributed by atoms with Crippen LogP contribution in [0.2, 0.25) is 0 Å². The van der Waals surface area contributed by atoms with E-state index in [-0.39, 0.29) is 43.0 Å². The molecule has 10 heteroatoms. The average Bonchev–Trinajstić information content (AvgIpc) is 2.93. The van der Waals surface area contributed by atoms with Crippen LogP contribution in [-0.2, 0) is 25.2 Å². The van der Waals surface area contributed by atoms with Gasteiger partial charge < -0.3 is 24.3 Å². The van der Waals surface area contributed by atoms with Gasteiger partial charge in [0, 0.05) is 29.3 Å². The van der Waals surface area contributed by atoms with Crippen LogP contribution in [0.25, 0.3) is 0 Å². The highest BCUT2D eigenvalue weighted by Crippen LogP contribution is 2.47. The minimum Gasteiger partial charge on any atom is -0.493 e. The monoisotopic (exact) mass is 573 g/mol. The largest absolute Gasteiger partial charge is 0.493 e. The van der Waals surface area contributed by atoms with Crippen LogP contribution in [0.4, 0.5) is 13.2 Å². The number of esters is 1. The second-order valence-electron chi connectivity index (χ2n) is 10.3. The van der Waals surface area contributed by atoms with E-state index in [2.05, 4.69) is 5.32 Å². The number of carbonyl (C=O) groups is 2. The number of methoxy groups -OCH3 is 2. The number of benzene rings is 2. The molecule has 2 aliphatic rings. The standard InChI is InChI=1S/C31H34F3NO6/c1-17(2)40-12-13-41-30(37)27-18(3)35-23-14-21(20-8-11-25(38-4)26(16-20)39-5)15-24(36)29(23)28(27)19-6-9-22(10-7-19)31(32,33)34/h6-11,16-17,21,28,35H,12-15H2,1-5H3/t21-,28+/m1/s1. The van der Waals surface area contributed by atoms with Crippen molar-refractivity contribution in [2.24, 2.45) is 0 Å². The molecule has 0 saturated heterocycles. The summed E-state index contributed by atoms with van der Waals surface area (Å²) >= 11 is 0. The Morgan fingerprint density at radius 2 is 1.63 bits per heavy atom. The Balaban J connectivity index is 1.71. The van der Waals surface area contributed by atoms with E-state index < -0.39 is 23.6 Å². The third kappa shape index (κ3) is 6.59. The lowest BCUT2D eigenvalue weighted by molar-refractivity contribution is -0.141. The first kappa shape index (κ1) is 30.2. The van der Waals surface area contributed by atoms with E-state index in [1.807, 2.05) is 26.0 Å². The number of halogens is 3. The van der Waals surface area contributed by atoms with Gasteiger partial charge in [-0.1, -0.05) is 18.2 Å². The summed E-state index contributed by atoms with van der Waals surface area (Å²) in [5, 5.41) is 3.24. The van der Waals surface area contributed by atoms with Gasteiger partial charge in [-0.2, -0.15) is 13.2 Å². The topological polar surface area (TPSA) is 83.1 Å². The molecule has 0 aromatic heterocycles.